The van der Waals surface area contributed by atoms with Crippen molar-refractivity contribution in [3.63, 3.8) is 0 Å². The highest BCUT2D eigenvalue weighted by atomic mass is 32.1. The Morgan fingerprint density at radius 2 is 1.40 bits per heavy atom. The zero-order valence-electron chi connectivity index (χ0n) is 34.3. The fraction of sp³-hybridized carbons (Fsp3) is 0.127. The summed E-state index contributed by atoms with van der Waals surface area (Å²) < 4.78 is 11.9. The fourth-order valence-corrected chi connectivity index (χ4v) is 11.9. The van der Waals surface area contributed by atoms with Gasteiger partial charge in [-0.2, -0.15) is 0 Å². The summed E-state index contributed by atoms with van der Waals surface area (Å²) in [6.45, 7) is 11.6. The zero-order valence-corrected chi connectivity index (χ0v) is 35.1. The second-order valence-corrected chi connectivity index (χ2v) is 19.7. The van der Waals surface area contributed by atoms with Crippen LogP contribution in [0.15, 0.2) is 150 Å². The summed E-state index contributed by atoms with van der Waals surface area (Å²) >= 11 is 1.90. The number of anilines is 2. The van der Waals surface area contributed by atoms with Crippen molar-refractivity contribution in [3.8, 4) is 27.9 Å². The quantitative estimate of drug-likeness (QED) is 0.181. The Labute approximate surface area is 353 Å². The lowest BCUT2D eigenvalue weighted by molar-refractivity contribution is 0.590. The minimum Gasteiger partial charge on any atom is -0.456 e. The summed E-state index contributed by atoms with van der Waals surface area (Å²) in [4.78, 5) is 0. The van der Waals surface area contributed by atoms with E-state index < -0.39 is 0 Å². The Kier molecular flexibility index (Phi) is 6.75. The molecule has 2 aliphatic rings. The van der Waals surface area contributed by atoms with Crippen LogP contribution in [0, 0.1) is 0 Å². The van der Waals surface area contributed by atoms with Gasteiger partial charge in [0, 0.05) is 75.3 Å². The largest absolute Gasteiger partial charge is 0.456 e. The maximum absolute atomic E-state index is 6.62. The number of benzene rings is 8. The Morgan fingerprint density at radius 3 is 2.25 bits per heavy atom. The van der Waals surface area contributed by atoms with Crippen LogP contribution < -0.4 is 16.2 Å². The lowest BCUT2D eigenvalue weighted by Crippen LogP contribution is -2.37. The van der Waals surface area contributed by atoms with Gasteiger partial charge in [0.2, 0.25) is 0 Å². The fourth-order valence-electron chi connectivity index (χ4n) is 10.8. The molecule has 0 unspecified atom stereocenters. The molecule has 0 spiro atoms. The van der Waals surface area contributed by atoms with Gasteiger partial charge >= 0.3 is 0 Å². The van der Waals surface area contributed by atoms with Crippen LogP contribution in [-0.4, -0.2) is 11.8 Å². The molecule has 286 valence electrons. The van der Waals surface area contributed by atoms with Gasteiger partial charge in [0.05, 0.1) is 5.52 Å². The van der Waals surface area contributed by atoms with Crippen LogP contribution in [0.25, 0.3) is 91.9 Å². The third-order valence-corrected chi connectivity index (χ3v) is 14.9. The SMILES string of the molecule is CC(C)(C)c1ccc(Nc2cc3c(cc2-c2ccc4c5c6c(ccc5n5c4c2Bc2cc4sc7ccccc7c4cc2-5)C(C)(C)c2ccccc2-6)oc2ccccc23)cc1. The molecule has 13 rings (SSSR count). The van der Waals surface area contributed by atoms with Crippen molar-refractivity contribution in [2.45, 2.75) is 45.4 Å². The number of hydrogen-bond donors (Lipinski definition) is 1. The Bertz CT molecular complexity index is 3670. The van der Waals surface area contributed by atoms with Crippen LogP contribution in [0.4, 0.5) is 11.4 Å². The van der Waals surface area contributed by atoms with E-state index in [9.17, 15) is 0 Å². The summed E-state index contributed by atoms with van der Waals surface area (Å²) in [6.07, 6.45) is 0. The number of nitrogens with zero attached hydrogens (tertiary/aromatic N) is 1. The second kappa shape index (κ2) is 11.8. The first-order valence-electron chi connectivity index (χ1n) is 21.1. The highest BCUT2D eigenvalue weighted by Gasteiger charge is 2.38. The minimum absolute atomic E-state index is 0.0739. The van der Waals surface area contributed by atoms with Crippen LogP contribution in [0.1, 0.15) is 51.3 Å². The van der Waals surface area contributed by atoms with Gasteiger partial charge in [0.1, 0.15) is 11.2 Å². The van der Waals surface area contributed by atoms with Crippen molar-refractivity contribution in [2.24, 2.45) is 0 Å². The molecular weight excluding hydrogens is 747 g/mol. The average molecular weight is 789 g/mol. The number of hydrogen-bond acceptors (Lipinski definition) is 3. The van der Waals surface area contributed by atoms with E-state index in [1.54, 1.807) is 0 Å². The standard InChI is InChI=1S/C55H41BN2OS/c1-54(2,3)30-18-20-31(21-19-30)57-43-26-38-32-12-7-10-16-46(32)59-47(38)28-37(43)34-22-23-36-51-44(25-24-41-50(51)35-14-6-9-15-40(35)55(41,4)5)58-45-27-39-33-13-8-11-17-48(33)60-49(39)29-42(45)56-52(34)53(36)58/h6-29,56-57H,1-5H3. The molecule has 1 aliphatic heterocycles. The van der Waals surface area contributed by atoms with E-state index in [1.165, 1.54) is 92.0 Å². The van der Waals surface area contributed by atoms with Gasteiger partial charge in [-0.3, -0.25) is 0 Å². The number of thiophene rings is 1. The van der Waals surface area contributed by atoms with Crippen molar-refractivity contribution in [1.82, 2.24) is 4.57 Å². The summed E-state index contributed by atoms with van der Waals surface area (Å²) in [6, 6.07) is 54.5. The number of aromatic nitrogens is 1. The monoisotopic (exact) mass is 788 g/mol. The summed E-state index contributed by atoms with van der Waals surface area (Å²) in [5, 5.41) is 11.5. The van der Waals surface area contributed by atoms with Crippen molar-refractivity contribution in [3.05, 3.63) is 162 Å². The van der Waals surface area contributed by atoms with E-state index in [-0.39, 0.29) is 10.8 Å². The third-order valence-electron chi connectivity index (χ3n) is 13.8. The summed E-state index contributed by atoms with van der Waals surface area (Å²) in [5.41, 5.74) is 19.7. The van der Waals surface area contributed by atoms with Gasteiger partial charge in [0.15, 0.2) is 7.28 Å². The van der Waals surface area contributed by atoms with E-state index >= 15 is 0 Å². The molecule has 4 heterocycles. The van der Waals surface area contributed by atoms with Gasteiger partial charge in [-0.25, -0.2) is 0 Å². The molecule has 0 radical (unpaired) electrons. The number of rotatable bonds is 3. The predicted octanol–water partition coefficient (Wildman–Crippen LogP) is 13.8. The summed E-state index contributed by atoms with van der Waals surface area (Å²) in [5.74, 6) is 0. The molecule has 11 aromatic rings. The molecule has 8 aromatic carbocycles. The maximum atomic E-state index is 6.62. The van der Waals surface area contributed by atoms with Gasteiger partial charge in [-0.15, -0.1) is 11.3 Å². The van der Waals surface area contributed by atoms with Gasteiger partial charge < -0.3 is 14.3 Å². The van der Waals surface area contributed by atoms with Crippen LogP contribution in [0.3, 0.4) is 0 Å². The number of furan rings is 1. The Morgan fingerprint density at radius 1 is 0.617 bits per heavy atom. The van der Waals surface area contributed by atoms with Crippen molar-refractivity contribution < 1.29 is 4.42 Å². The van der Waals surface area contributed by atoms with Crippen LogP contribution in [0.2, 0.25) is 0 Å². The molecule has 3 aromatic heterocycles. The molecule has 60 heavy (non-hydrogen) atoms. The number of fused-ring (bicyclic) bond motifs is 15. The topological polar surface area (TPSA) is 30.1 Å². The lowest BCUT2D eigenvalue weighted by atomic mass is 9.59. The molecule has 1 aliphatic carbocycles. The predicted molar refractivity (Wildman–Crippen MR) is 259 cm³/mol. The normalized spacial score (nSPS) is 14.0. The van der Waals surface area contributed by atoms with Crippen molar-refractivity contribution in [1.29, 1.82) is 0 Å². The minimum atomic E-state index is -0.0925. The average Bonchev–Trinajstić information content (AvgIpc) is 3.97. The smallest absolute Gasteiger partial charge is 0.198 e. The zero-order chi connectivity index (χ0) is 40.2. The summed E-state index contributed by atoms with van der Waals surface area (Å²) in [7, 11) is 0.824. The van der Waals surface area contributed by atoms with Gasteiger partial charge in [0.25, 0.3) is 0 Å². The Hall–Kier alpha value is -6.56. The Balaban J connectivity index is 1.13. The van der Waals surface area contributed by atoms with Crippen LogP contribution in [-0.2, 0) is 10.8 Å². The van der Waals surface area contributed by atoms with Crippen LogP contribution in [0.5, 0.6) is 0 Å². The molecule has 5 heteroatoms. The molecule has 0 saturated carbocycles. The first-order valence-corrected chi connectivity index (χ1v) is 21.9. The first-order chi connectivity index (χ1) is 29.1. The molecular formula is C55H41BN2OS. The van der Waals surface area contributed by atoms with Crippen molar-refractivity contribution >= 4 is 105 Å². The van der Waals surface area contributed by atoms with Gasteiger partial charge in [-0.05, 0) is 98.9 Å². The van der Waals surface area contributed by atoms with Gasteiger partial charge in [-0.1, -0.05) is 131 Å². The van der Waals surface area contributed by atoms with E-state index in [0.29, 0.717) is 0 Å². The van der Waals surface area contributed by atoms with E-state index in [4.69, 9.17) is 4.42 Å². The third kappa shape index (κ3) is 4.61. The van der Waals surface area contributed by atoms with E-state index in [2.05, 4.69) is 190 Å². The molecule has 1 N–H and O–H groups in total. The number of nitrogens with one attached hydrogen (secondary N) is 1. The highest BCUT2D eigenvalue weighted by molar-refractivity contribution is 7.26. The first kappa shape index (κ1) is 34.3. The second-order valence-electron chi connectivity index (χ2n) is 18.6. The lowest BCUT2D eigenvalue weighted by Gasteiger charge is -2.24. The number of para-hydroxylation sites is 1. The molecule has 0 saturated heterocycles. The molecule has 3 nitrogen and oxygen atoms in total. The van der Waals surface area contributed by atoms with E-state index in [0.717, 1.165) is 46.2 Å². The van der Waals surface area contributed by atoms with Crippen molar-refractivity contribution in [2.75, 3.05) is 5.32 Å². The van der Waals surface area contributed by atoms with E-state index in [1.807, 2.05) is 11.3 Å². The molecule has 0 amide bonds. The highest BCUT2D eigenvalue weighted by Crippen LogP contribution is 2.54. The molecule has 0 fully saturated rings. The van der Waals surface area contributed by atoms with Crippen LogP contribution >= 0.6 is 11.3 Å². The maximum Gasteiger partial charge on any atom is 0.198 e. The molecule has 0 bridgehead atoms. The molecule has 0 atom stereocenters.